The number of hydrogen-bond acceptors (Lipinski definition) is 4. The van der Waals surface area contributed by atoms with E-state index in [9.17, 15) is 19.1 Å². The van der Waals surface area contributed by atoms with Crippen LogP contribution in [0.25, 0.3) is 0 Å². The molecule has 0 spiro atoms. The van der Waals surface area contributed by atoms with Crippen LogP contribution in [0, 0.1) is 5.82 Å². The Morgan fingerprint density at radius 2 is 1.67 bits per heavy atom. The first-order valence-corrected chi connectivity index (χ1v) is 6.25. The minimum Gasteiger partial charge on any atom is -0.504 e. The number of benzene rings is 2. The van der Waals surface area contributed by atoms with Gasteiger partial charge < -0.3 is 10.8 Å². The van der Waals surface area contributed by atoms with Gasteiger partial charge in [0.25, 0.3) is 11.8 Å². The molecular weight excluding hydrogens is 299 g/mol. The van der Waals surface area contributed by atoms with Gasteiger partial charge in [-0.2, -0.15) is 0 Å². The lowest BCUT2D eigenvalue weighted by Gasteiger charge is -2.18. The Bertz CT molecular complexity index is 772. The van der Waals surface area contributed by atoms with Crippen molar-refractivity contribution in [2.75, 3.05) is 10.6 Å². The molecule has 5 nitrogen and oxygen atoms in total. The van der Waals surface area contributed by atoms with Crippen molar-refractivity contribution in [2.45, 2.75) is 0 Å². The van der Waals surface area contributed by atoms with E-state index in [1.165, 1.54) is 12.1 Å². The summed E-state index contributed by atoms with van der Waals surface area (Å²) in [6.07, 6.45) is 0. The highest BCUT2D eigenvalue weighted by atomic mass is 35.5. The Balaban J connectivity index is 2.23. The van der Waals surface area contributed by atoms with Gasteiger partial charge in [0, 0.05) is 0 Å². The molecule has 1 heterocycles. The Morgan fingerprint density at radius 3 is 2.19 bits per heavy atom. The van der Waals surface area contributed by atoms with Crippen molar-refractivity contribution in [3.63, 3.8) is 0 Å². The summed E-state index contributed by atoms with van der Waals surface area (Å²) < 4.78 is 14.1. The SMILES string of the molecule is Nc1c(O)c(Cl)cc(F)c1N1C(=O)c2ccccc2C1=O. The number of aromatic hydroxyl groups is 1. The third-order valence-corrected chi connectivity index (χ3v) is 3.52. The summed E-state index contributed by atoms with van der Waals surface area (Å²) in [7, 11) is 0. The lowest BCUT2D eigenvalue weighted by atomic mass is 10.1. The average Bonchev–Trinajstić information content (AvgIpc) is 2.71. The maximum absolute atomic E-state index is 14.1. The molecule has 7 heteroatoms. The van der Waals surface area contributed by atoms with Gasteiger partial charge in [-0.3, -0.25) is 9.59 Å². The zero-order valence-corrected chi connectivity index (χ0v) is 11.2. The van der Waals surface area contributed by atoms with Crippen LogP contribution in [0.1, 0.15) is 20.7 Å². The summed E-state index contributed by atoms with van der Waals surface area (Å²) >= 11 is 5.60. The van der Waals surface area contributed by atoms with Crippen LogP contribution in [0.5, 0.6) is 5.75 Å². The Morgan fingerprint density at radius 1 is 1.14 bits per heavy atom. The van der Waals surface area contributed by atoms with E-state index in [-0.39, 0.29) is 16.1 Å². The minimum absolute atomic E-state index is 0.149. The molecule has 0 aliphatic carbocycles. The van der Waals surface area contributed by atoms with E-state index in [0.717, 1.165) is 6.07 Å². The van der Waals surface area contributed by atoms with Gasteiger partial charge in [0.05, 0.1) is 16.1 Å². The topological polar surface area (TPSA) is 83.6 Å². The van der Waals surface area contributed by atoms with Gasteiger partial charge in [-0.15, -0.1) is 0 Å². The standard InChI is InChI=1S/C14H8ClFN2O3/c15-8-5-9(16)11(10(17)12(8)19)18-13(20)6-3-1-2-4-7(6)14(18)21/h1-5,19H,17H2. The molecule has 2 amide bonds. The maximum atomic E-state index is 14.1. The smallest absolute Gasteiger partial charge is 0.266 e. The van der Waals surface area contributed by atoms with E-state index >= 15 is 0 Å². The first-order chi connectivity index (χ1) is 9.93. The molecule has 21 heavy (non-hydrogen) atoms. The second-order valence-electron chi connectivity index (χ2n) is 4.44. The van der Waals surface area contributed by atoms with Crippen LogP contribution in [0.3, 0.4) is 0 Å². The zero-order valence-electron chi connectivity index (χ0n) is 10.4. The number of nitrogens with zero attached hydrogens (tertiary/aromatic N) is 1. The summed E-state index contributed by atoms with van der Waals surface area (Å²) in [5.41, 5.74) is 4.94. The number of amides is 2. The molecule has 0 saturated heterocycles. The largest absolute Gasteiger partial charge is 0.504 e. The van der Waals surface area contributed by atoms with Gasteiger partial charge in [0.15, 0.2) is 11.6 Å². The maximum Gasteiger partial charge on any atom is 0.266 e. The molecule has 0 bridgehead atoms. The molecule has 3 N–H and O–H groups in total. The number of phenols is 1. The van der Waals surface area contributed by atoms with Crippen LogP contribution < -0.4 is 10.6 Å². The number of nitrogens with two attached hydrogens (primary N) is 1. The molecule has 0 fully saturated rings. The predicted molar refractivity (Wildman–Crippen MR) is 75.1 cm³/mol. The molecule has 0 radical (unpaired) electrons. The Labute approximate surface area is 123 Å². The van der Waals surface area contributed by atoms with E-state index in [0.29, 0.717) is 4.90 Å². The number of imide groups is 1. The fraction of sp³-hybridized carbons (Fsp3) is 0. The Kier molecular flexibility index (Phi) is 2.84. The number of rotatable bonds is 1. The van der Waals surface area contributed by atoms with Gasteiger partial charge in [-0.1, -0.05) is 23.7 Å². The molecule has 106 valence electrons. The van der Waals surface area contributed by atoms with Crippen LogP contribution in [0.4, 0.5) is 15.8 Å². The van der Waals surface area contributed by atoms with E-state index in [4.69, 9.17) is 17.3 Å². The van der Waals surface area contributed by atoms with E-state index in [2.05, 4.69) is 0 Å². The first kappa shape index (κ1) is 13.4. The number of nitrogen functional groups attached to an aromatic ring is 1. The van der Waals surface area contributed by atoms with Gasteiger partial charge in [0.1, 0.15) is 11.4 Å². The number of phenolic OH excluding ortho intramolecular Hbond substituents is 1. The lowest BCUT2D eigenvalue weighted by Crippen LogP contribution is -2.31. The molecule has 0 aromatic heterocycles. The molecular formula is C14H8ClFN2O3. The fourth-order valence-electron chi connectivity index (χ4n) is 2.24. The minimum atomic E-state index is -0.968. The highest BCUT2D eigenvalue weighted by molar-refractivity contribution is 6.36. The molecule has 2 aromatic rings. The summed E-state index contributed by atoms with van der Waals surface area (Å²) in [4.78, 5) is 25.2. The summed E-state index contributed by atoms with van der Waals surface area (Å²) in [5, 5.41) is 9.39. The second-order valence-corrected chi connectivity index (χ2v) is 4.85. The van der Waals surface area contributed by atoms with Crippen LogP contribution in [-0.4, -0.2) is 16.9 Å². The summed E-state index contributed by atoms with van der Waals surface area (Å²) in [6.45, 7) is 0. The molecule has 1 aliphatic rings. The van der Waals surface area contributed by atoms with Crippen molar-refractivity contribution in [1.82, 2.24) is 0 Å². The van der Waals surface area contributed by atoms with Crippen molar-refractivity contribution in [1.29, 1.82) is 0 Å². The van der Waals surface area contributed by atoms with Crippen LogP contribution in [-0.2, 0) is 0 Å². The van der Waals surface area contributed by atoms with Crippen molar-refractivity contribution in [3.8, 4) is 5.75 Å². The number of carbonyl (C=O) groups is 2. The van der Waals surface area contributed by atoms with Gasteiger partial charge >= 0.3 is 0 Å². The molecule has 2 aromatic carbocycles. The highest BCUT2D eigenvalue weighted by Crippen LogP contribution is 2.42. The summed E-state index contributed by atoms with van der Waals surface area (Å²) in [6, 6.07) is 6.89. The van der Waals surface area contributed by atoms with Gasteiger partial charge in [0.2, 0.25) is 0 Å². The summed E-state index contributed by atoms with van der Waals surface area (Å²) in [5.74, 6) is -2.96. The molecule has 1 aliphatic heterocycles. The third kappa shape index (κ3) is 1.76. The third-order valence-electron chi connectivity index (χ3n) is 3.23. The second kappa shape index (κ2) is 4.46. The zero-order chi connectivity index (χ0) is 15.3. The number of carbonyl (C=O) groups excluding carboxylic acids is 2. The number of fused-ring (bicyclic) bond motifs is 1. The first-order valence-electron chi connectivity index (χ1n) is 5.87. The van der Waals surface area contributed by atoms with Gasteiger partial charge in [-0.05, 0) is 18.2 Å². The van der Waals surface area contributed by atoms with Crippen LogP contribution in [0.15, 0.2) is 30.3 Å². The van der Waals surface area contributed by atoms with Gasteiger partial charge in [-0.25, -0.2) is 9.29 Å². The lowest BCUT2D eigenvalue weighted by molar-refractivity contribution is 0.0925. The normalized spacial score (nSPS) is 13.7. The molecule has 0 atom stereocenters. The van der Waals surface area contributed by atoms with Crippen LogP contribution >= 0.6 is 11.6 Å². The molecule has 3 rings (SSSR count). The fourth-order valence-corrected chi connectivity index (χ4v) is 2.43. The van der Waals surface area contributed by atoms with Crippen molar-refractivity contribution >= 4 is 34.8 Å². The van der Waals surface area contributed by atoms with Crippen molar-refractivity contribution < 1.29 is 19.1 Å². The van der Waals surface area contributed by atoms with E-state index in [1.807, 2.05) is 0 Å². The molecule has 0 saturated carbocycles. The highest BCUT2D eigenvalue weighted by Gasteiger charge is 2.39. The monoisotopic (exact) mass is 306 g/mol. The van der Waals surface area contributed by atoms with E-state index < -0.39 is 34.8 Å². The quantitative estimate of drug-likeness (QED) is 0.482. The van der Waals surface area contributed by atoms with Crippen molar-refractivity contribution in [2.24, 2.45) is 0 Å². The predicted octanol–water partition coefficient (Wildman–Crippen LogP) is 2.57. The Hall–Kier alpha value is -2.60. The van der Waals surface area contributed by atoms with Crippen molar-refractivity contribution in [3.05, 3.63) is 52.3 Å². The average molecular weight is 307 g/mol. The van der Waals surface area contributed by atoms with Crippen LogP contribution in [0.2, 0.25) is 5.02 Å². The number of hydrogen-bond donors (Lipinski definition) is 2. The number of halogens is 2. The number of anilines is 2. The molecule has 0 unspecified atom stereocenters. The van der Waals surface area contributed by atoms with E-state index in [1.54, 1.807) is 12.1 Å².